The van der Waals surface area contributed by atoms with E-state index in [9.17, 15) is 4.79 Å². The number of carbonyl (C=O) groups is 1. The van der Waals surface area contributed by atoms with Gasteiger partial charge in [-0.25, -0.2) is 9.97 Å². The number of hydrogen-bond acceptors (Lipinski definition) is 7. The van der Waals surface area contributed by atoms with Crippen molar-refractivity contribution in [2.75, 3.05) is 43.3 Å². The Morgan fingerprint density at radius 3 is 2.32 bits per heavy atom. The molecule has 0 saturated heterocycles. The molecule has 0 unspecified atom stereocenters. The van der Waals surface area contributed by atoms with Crippen LogP contribution in [0.15, 0.2) is 36.7 Å². The number of para-hydroxylation sites is 2. The monoisotopic (exact) mass is 337 g/mol. The first-order valence-electron chi connectivity index (χ1n) is 7.70. The normalized spacial score (nSPS) is 10.6. The topological polar surface area (TPSA) is 87.1 Å². The number of benzene rings is 1. The average Bonchev–Trinajstić information content (AvgIpc) is 2.61. The van der Waals surface area contributed by atoms with Crippen LogP contribution < -0.4 is 15.1 Å². The van der Waals surface area contributed by atoms with Crippen molar-refractivity contribution >= 4 is 34.4 Å². The summed E-state index contributed by atoms with van der Waals surface area (Å²) in [5.41, 5.74) is 2.16. The van der Waals surface area contributed by atoms with E-state index in [1.807, 2.05) is 57.4 Å². The van der Waals surface area contributed by atoms with Gasteiger partial charge in [-0.2, -0.15) is 4.98 Å². The van der Waals surface area contributed by atoms with E-state index in [0.717, 1.165) is 5.52 Å². The Morgan fingerprint density at radius 2 is 1.64 bits per heavy atom. The Labute approximate surface area is 145 Å². The summed E-state index contributed by atoms with van der Waals surface area (Å²) in [4.78, 5) is 33.5. The second-order valence-corrected chi connectivity index (χ2v) is 5.89. The van der Waals surface area contributed by atoms with Crippen molar-refractivity contribution < 1.29 is 4.79 Å². The van der Waals surface area contributed by atoms with Gasteiger partial charge in [0.15, 0.2) is 5.82 Å². The number of fused-ring (bicyclic) bond motifs is 1. The minimum Gasteiger partial charge on any atom is -0.361 e. The summed E-state index contributed by atoms with van der Waals surface area (Å²) in [6, 6.07) is 7.40. The highest BCUT2D eigenvalue weighted by Crippen LogP contribution is 2.23. The lowest BCUT2D eigenvalue weighted by Gasteiger charge is -2.19. The number of nitrogens with one attached hydrogen (secondary N) is 1. The van der Waals surface area contributed by atoms with E-state index >= 15 is 0 Å². The fourth-order valence-corrected chi connectivity index (χ4v) is 2.26. The van der Waals surface area contributed by atoms with Crippen LogP contribution >= 0.6 is 0 Å². The number of aromatic nitrogens is 4. The van der Waals surface area contributed by atoms with Gasteiger partial charge in [-0.15, -0.1) is 0 Å². The number of amides is 1. The molecular weight excluding hydrogens is 318 g/mol. The molecule has 0 aliphatic heterocycles. The van der Waals surface area contributed by atoms with Crippen LogP contribution in [0.5, 0.6) is 0 Å². The Bertz CT molecular complexity index is 924. The highest BCUT2D eigenvalue weighted by atomic mass is 16.1. The van der Waals surface area contributed by atoms with Crippen LogP contribution in [0, 0.1) is 0 Å². The van der Waals surface area contributed by atoms with Crippen LogP contribution in [0.2, 0.25) is 0 Å². The molecule has 8 nitrogen and oxygen atoms in total. The molecule has 0 radical (unpaired) electrons. The van der Waals surface area contributed by atoms with Crippen molar-refractivity contribution in [1.82, 2.24) is 19.9 Å². The fourth-order valence-electron chi connectivity index (χ4n) is 2.26. The van der Waals surface area contributed by atoms with Crippen molar-refractivity contribution in [2.24, 2.45) is 0 Å². The predicted molar refractivity (Wildman–Crippen MR) is 98.2 cm³/mol. The van der Waals surface area contributed by atoms with Crippen LogP contribution in [-0.2, 0) is 0 Å². The van der Waals surface area contributed by atoms with E-state index < -0.39 is 0 Å². The third-order valence-electron chi connectivity index (χ3n) is 3.51. The smallest absolute Gasteiger partial charge is 0.276 e. The van der Waals surface area contributed by atoms with Gasteiger partial charge >= 0.3 is 0 Å². The van der Waals surface area contributed by atoms with E-state index in [-0.39, 0.29) is 11.6 Å². The molecule has 2 aromatic heterocycles. The van der Waals surface area contributed by atoms with Crippen LogP contribution in [0.3, 0.4) is 0 Å². The van der Waals surface area contributed by atoms with E-state index in [0.29, 0.717) is 23.0 Å². The van der Waals surface area contributed by atoms with Gasteiger partial charge in [-0.1, -0.05) is 12.1 Å². The first-order chi connectivity index (χ1) is 12.0. The molecule has 1 aromatic carbocycles. The molecule has 0 spiro atoms. The molecule has 0 saturated carbocycles. The van der Waals surface area contributed by atoms with Crippen LogP contribution in [-0.4, -0.2) is 54.0 Å². The molecule has 3 rings (SSSR count). The van der Waals surface area contributed by atoms with Crippen molar-refractivity contribution in [2.45, 2.75) is 0 Å². The van der Waals surface area contributed by atoms with Gasteiger partial charge in [-0.05, 0) is 12.1 Å². The standard InChI is InChI=1S/C17H19N7O/c1-23(2)15-13(9-19-17(22-15)24(3)4)21-16(25)14-10-18-11-7-5-6-8-12(11)20-14/h5-10H,1-4H3,(H,21,25). The number of anilines is 3. The van der Waals surface area contributed by atoms with E-state index in [2.05, 4.69) is 25.3 Å². The summed E-state index contributed by atoms with van der Waals surface area (Å²) in [5.74, 6) is 0.815. The Hall–Kier alpha value is -3.29. The molecular formula is C17H19N7O. The molecule has 0 fully saturated rings. The SMILES string of the molecule is CN(C)c1ncc(NC(=O)c2cnc3ccccc3n2)c(N(C)C)n1. The average molecular weight is 337 g/mol. The Morgan fingerprint density at radius 1 is 0.920 bits per heavy atom. The maximum absolute atomic E-state index is 12.6. The third-order valence-corrected chi connectivity index (χ3v) is 3.51. The summed E-state index contributed by atoms with van der Waals surface area (Å²) < 4.78 is 0. The molecule has 1 amide bonds. The molecule has 128 valence electrons. The highest BCUT2D eigenvalue weighted by molar-refractivity contribution is 6.04. The summed E-state index contributed by atoms with van der Waals surface area (Å²) >= 11 is 0. The zero-order valence-electron chi connectivity index (χ0n) is 14.6. The Balaban J connectivity index is 1.91. The number of carbonyl (C=O) groups excluding carboxylic acids is 1. The summed E-state index contributed by atoms with van der Waals surface area (Å²) in [6.45, 7) is 0. The van der Waals surface area contributed by atoms with Crippen LogP contribution in [0.25, 0.3) is 11.0 Å². The van der Waals surface area contributed by atoms with Crippen molar-refractivity contribution in [3.05, 3.63) is 42.4 Å². The van der Waals surface area contributed by atoms with Gasteiger partial charge in [0.1, 0.15) is 11.4 Å². The van der Waals surface area contributed by atoms with Crippen molar-refractivity contribution in [3.8, 4) is 0 Å². The molecule has 0 atom stereocenters. The fraction of sp³-hybridized carbons (Fsp3) is 0.235. The zero-order chi connectivity index (χ0) is 18.0. The summed E-state index contributed by atoms with van der Waals surface area (Å²) in [5, 5.41) is 2.81. The number of nitrogens with zero attached hydrogens (tertiary/aromatic N) is 6. The van der Waals surface area contributed by atoms with Crippen LogP contribution in [0.4, 0.5) is 17.5 Å². The maximum Gasteiger partial charge on any atom is 0.276 e. The quantitative estimate of drug-likeness (QED) is 0.777. The lowest BCUT2D eigenvalue weighted by Crippen LogP contribution is -2.21. The molecule has 0 aliphatic carbocycles. The minimum absolute atomic E-state index is 0.236. The predicted octanol–water partition coefficient (Wildman–Crippen LogP) is 1.80. The highest BCUT2D eigenvalue weighted by Gasteiger charge is 2.15. The molecule has 3 aromatic rings. The van der Waals surface area contributed by atoms with Crippen molar-refractivity contribution in [3.63, 3.8) is 0 Å². The van der Waals surface area contributed by atoms with Gasteiger partial charge in [-0.3, -0.25) is 9.78 Å². The Kier molecular flexibility index (Phi) is 4.42. The number of rotatable bonds is 4. The first kappa shape index (κ1) is 16.6. The van der Waals surface area contributed by atoms with Gasteiger partial charge in [0.25, 0.3) is 5.91 Å². The zero-order valence-corrected chi connectivity index (χ0v) is 14.6. The van der Waals surface area contributed by atoms with Gasteiger partial charge in [0.2, 0.25) is 5.95 Å². The third kappa shape index (κ3) is 3.47. The molecule has 1 N–H and O–H groups in total. The van der Waals surface area contributed by atoms with E-state index in [4.69, 9.17) is 0 Å². The second-order valence-electron chi connectivity index (χ2n) is 5.89. The molecule has 0 bridgehead atoms. The molecule has 25 heavy (non-hydrogen) atoms. The summed E-state index contributed by atoms with van der Waals surface area (Å²) in [7, 11) is 7.43. The molecule has 8 heteroatoms. The van der Waals surface area contributed by atoms with Gasteiger partial charge < -0.3 is 15.1 Å². The largest absolute Gasteiger partial charge is 0.361 e. The minimum atomic E-state index is -0.359. The summed E-state index contributed by atoms with van der Waals surface area (Å²) in [6.07, 6.45) is 3.05. The van der Waals surface area contributed by atoms with E-state index in [1.54, 1.807) is 11.1 Å². The van der Waals surface area contributed by atoms with E-state index in [1.165, 1.54) is 6.20 Å². The molecule has 2 heterocycles. The van der Waals surface area contributed by atoms with Crippen molar-refractivity contribution in [1.29, 1.82) is 0 Å². The van der Waals surface area contributed by atoms with Gasteiger partial charge in [0.05, 0.1) is 23.4 Å². The first-order valence-corrected chi connectivity index (χ1v) is 7.70. The second kappa shape index (κ2) is 6.68. The van der Waals surface area contributed by atoms with Gasteiger partial charge in [0, 0.05) is 28.2 Å². The number of hydrogen-bond donors (Lipinski definition) is 1. The molecule has 0 aliphatic rings. The lowest BCUT2D eigenvalue weighted by molar-refractivity contribution is 0.102. The van der Waals surface area contributed by atoms with Crippen LogP contribution in [0.1, 0.15) is 10.5 Å². The lowest BCUT2D eigenvalue weighted by atomic mass is 10.3. The maximum atomic E-state index is 12.6.